The molecule has 2 N–H and O–H groups in total. The molecule has 0 aliphatic heterocycles. The van der Waals surface area contributed by atoms with Crippen LogP contribution in [0.1, 0.15) is 6.92 Å². The van der Waals surface area contributed by atoms with Gasteiger partial charge >= 0.3 is 0 Å². The Hall–Kier alpha value is -1.85. The molecule has 0 bridgehead atoms. The number of fused-ring (bicyclic) bond motifs is 1. The maximum absolute atomic E-state index is 12.3. The Morgan fingerprint density at radius 1 is 1.24 bits per heavy atom. The number of aliphatic hydroxyl groups is 2. The molecule has 5 nitrogen and oxygen atoms in total. The molecule has 0 radical (unpaired) electrons. The van der Waals surface area contributed by atoms with Crippen molar-refractivity contribution in [1.29, 1.82) is 0 Å². The van der Waals surface area contributed by atoms with E-state index < -0.39 is 5.41 Å². The third kappa shape index (κ3) is 3.43. The minimum absolute atomic E-state index is 0.0514. The first-order valence-electron chi connectivity index (χ1n) is 6.99. The molecule has 1 aromatic carbocycles. The van der Waals surface area contributed by atoms with E-state index >= 15 is 0 Å². The van der Waals surface area contributed by atoms with Crippen LogP contribution < -0.4 is 0 Å². The zero-order chi connectivity index (χ0) is 15.5. The van der Waals surface area contributed by atoms with Crippen LogP contribution in [0.4, 0.5) is 0 Å². The molecule has 0 saturated heterocycles. The van der Waals surface area contributed by atoms with Crippen molar-refractivity contribution in [1.82, 2.24) is 9.47 Å². The van der Waals surface area contributed by atoms with E-state index in [2.05, 4.69) is 0 Å². The first-order chi connectivity index (χ1) is 9.99. The molecule has 0 unspecified atom stereocenters. The van der Waals surface area contributed by atoms with Crippen LogP contribution in [0.25, 0.3) is 10.9 Å². The van der Waals surface area contributed by atoms with Gasteiger partial charge < -0.3 is 19.7 Å². The number of para-hydroxylation sites is 1. The van der Waals surface area contributed by atoms with Gasteiger partial charge in [0.05, 0.1) is 13.2 Å². The molecule has 0 aliphatic carbocycles. The van der Waals surface area contributed by atoms with Gasteiger partial charge in [0.1, 0.15) is 6.54 Å². The lowest BCUT2D eigenvalue weighted by molar-refractivity contribution is -0.132. The average Bonchev–Trinajstić information content (AvgIpc) is 2.90. The summed E-state index contributed by atoms with van der Waals surface area (Å²) >= 11 is 0. The summed E-state index contributed by atoms with van der Waals surface area (Å²) in [6, 6.07) is 9.88. The third-order valence-corrected chi connectivity index (χ3v) is 3.79. The van der Waals surface area contributed by atoms with Gasteiger partial charge in [0.25, 0.3) is 0 Å². The van der Waals surface area contributed by atoms with Crippen LogP contribution in [0.2, 0.25) is 0 Å². The molecule has 1 aromatic heterocycles. The van der Waals surface area contributed by atoms with E-state index in [-0.39, 0.29) is 25.7 Å². The fourth-order valence-corrected chi connectivity index (χ4v) is 2.36. The van der Waals surface area contributed by atoms with E-state index in [0.717, 1.165) is 10.9 Å². The molecule has 1 heterocycles. The molecule has 114 valence electrons. The smallest absolute Gasteiger partial charge is 0.242 e. The Kier molecular flexibility index (Phi) is 4.65. The summed E-state index contributed by atoms with van der Waals surface area (Å²) in [5.74, 6) is -0.0514. The van der Waals surface area contributed by atoms with E-state index in [4.69, 9.17) is 0 Å². The van der Waals surface area contributed by atoms with Crippen LogP contribution in [0.15, 0.2) is 36.5 Å². The summed E-state index contributed by atoms with van der Waals surface area (Å²) in [6.07, 6.45) is 1.90. The molecular formula is C16H22N2O3. The SMILES string of the molecule is CN(CC(C)(CO)CO)C(=O)Cn1ccc2ccccc21. The highest BCUT2D eigenvalue weighted by molar-refractivity contribution is 5.83. The van der Waals surface area contributed by atoms with Crippen LogP contribution >= 0.6 is 0 Å². The summed E-state index contributed by atoms with van der Waals surface area (Å²) in [4.78, 5) is 13.9. The Morgan fingerprint density at radius 3 is 2.57 bits per heavy atom. The highest BCUT2D eigenvalue weighted by Crippen LogP contribution is 2.17. The van der Waals surface area contributed by atoms with Gasteiger partial charge in [-0.3, -0.25) is 4.79 Å². The number of rotatable bonds is 6. The zero-order valence-electron chi connectivity index (χ0n) is 12.5. The second-order valence-electron chi connectivity index (χ2n) is 5.88. The molecule has 21 heavy (non-hydrogen) atoms. The Balaban J connectivity index is 2.07. The third-order valence-electron chi connectivity index (χ3n) is 3.79. The molecule has 5 heteroatoms. The van der Waals surface area contributed by atoms with Crippen molar-refractivity contribution >= 4 is 16.8 Å². The second kappa shape index (κ2) is 6.28. The van der Waals surface area contributed by atoms with Crippen molar-refractivity contribution in [3.8, 4) is 0 Å². The second-order valence-corrected chi connectivity index (χ2v) is 5.88. The maximum Gasteiger partial charge on any atom is 0.242 e. The predicted molar refractivity (Wildman–Crippen MR) is 81.9 cm³/mol. The molecule has 2 rings (SSSR count). The Morgan fingerprint density at radius 2 is 1.90 bits per heavy atom. The molecule has 0 spiro atoms. The van der Waals surface area contributed by atoms with E-state index in [1.165, 1.54) is 0 Å². The normalized spacial score (nSPS) is 11.8. The van der Waals surface area contributed by atoms with Crippen LogP contribution in [0, 0.1) is 5.41 Å². The Labute approximate surface area is 124 Å². The van der Waals surface area contributed by atoms with Crippen LogP contribution in [-0.4, -0.2) is 52.4 Å². The van der Waals surface area contributed by atoms with Crippen molar-refractivity contribution < 1.29 is 15.0 Å². The number of aliphatic hydroxyl groups excluding tert-OH is 2. The standard InChI is InChI=1S/C16H22N2O3/c1-16(11-19,12-20)10-17(2)15(21)9-18-8-7-13-5-3-4-6-14(13)18/h3-8,19-20H,9-12H2,1-2H3. The largest absolute Gasteiger partial charge is 0.396 e. The number of carbonyl (C=O) groups excluding carboxylic acids is 1. The molecule has 0 atom stereocenters. The van der Waals surface area contributed by atoms with Crippen molar-refractivity contribution in [3.05, 3.63) is 36.5 Å². The fraction of sp³-hybridized carbons (Fsp3) is 0.438. The van der Waals surface area contributed by atoms with Gasteiger partial charge in [-0.05, 0) is 17.5 Å². The topological polar surface area (TPSA) is 65.7 Å². The monoisotopic (exact) mass is 290 g/mol. The fourth-order valence-electron chi connectivity index (χ4n) is 2.36. The number of nitrogens with zero attached hydrogens (tertiary/aromatic N) is 2. The van der Waals surface area contributed by atoms with E-state index in [9.17, 15) is 15.0 Å². The lowest BCUT2D eigenvalue weighted by atomic mass is 9.92. The average molecular weight is 290 g/mol. The summed E-state index contributed by atoms with van der Waals surface area (Å²) in [7, 11) is 1.69. The van der Waals surface area contributed by atoms with E-state index in [1.807, 2.05) is 41.1 Å². The molecule has 2 aromatic rings. The number of aromatic nitrogens is 1. The van der Waals surface area contributed by atoms with Crippen molar-refractivity contribution in [2.75, 3.05) is 26.8 Å². The molecular weight excluding hydrogens is 268 g/mol. The summed E-state index contributed by atoms with van der Waals surface area (Å²) < 4.78 is 1.91. The van der Waals surface area contributed by atoms with Gasteiger partial charge in [-0.1, -0.05) is 25.1 Å². The van der Waals surface area contributed by atoms with E-state index in [0.29, 0.717) is 6.54 Å². The van der Waals surface area contributed by atoms with Crippen LogP contribution in [-0.2, 0) is 11.3 Å². The summed E-state index contributed by atoms with van der Waals surface area (Å²) in [5, 5.41) is 19.7. The summed E-state index contributed by atoms with van der Waals surface area (Å²) in [5.41, 5.74) is 0.342. The van der Waals surface area contributed by atoms with E-state index in [1.54, 1.807) is 18.9 Å². The lowest BCUT2D eigenvalue weighted by Crippen LogP contribution is -2.42. The number of amides is 1. The number of hydrogen-bond acceptors (Lipinski definition) is 3. The van der Waals surface area contributed by atoms with Crippen LogP contribution in [0.3, 0.4) is 0 Å². The first-order valence-corrected chi connectivity index (χ1v) is 6.99. The number of carbonyl (C=O) groups is 1. The predicted octanol–water partition coefficient (Wildman–Crippen LogP) is 1.09. The van der Waals surface area contributed by atoms with Crippen LogP contribution in [0.5, 0.6) is 0 Å². The quantitative estimate of drug-likeness (QED) is 0.837. The first kappa shape index (κ1) is 15.5. The minimum atomic E-state index is -0.677. The number of benzene rings is 1. The minimum Gasteiger partial charge on any atom is -0.396 e. The van der Waals surface area contributed by atoms with Gasteiger partial charge in [-0.25, -0.2) is 0 Å². The van der Waals surface area contributed by atoms with Gasteiger partial charge in [-0.15, -0.1) is 0 Å². The van der Waals surface area contributed by atoms with Gasteiger partial charge in [0.2, 0.25) is 5.91 Å². The number of hydrogen-bond donors (Lipinski definition) is 2. The molecule has 0 saturated carbocycles. The van der Waals surface area contributed by atoms with Crippen molar-refractivity contribution in [2.24, 2.45) is 5.41 Å². The molecule has 1 amide bonds. The Bertz CT molecular complexity index is 617. The van der Waals surface area contributed by atoms with Gasteiger partial charge in [-0.2, -0.15) is 0 Å². The van der Waals surface area contributed by atoms with Crippen molar-refractivity contribution in [2.45, 2.75) is 13.5 Å². The number of likely N-dealkylation sites (N-methyl/N-ethyl adjacent to an activating group) is 1. The highest BCUT2D eigenvalue weighted by Gasteiger charge is 2.26. The van der Waals surface area contributed by atoms with Crippen molar-refractivity contribution in [3.63, 3.8) is 0 Å². The maximum atomic E-state index is 12.3. The van der Waals surface area contributed by atoms with Gasteiger partial charge in [0.15, 0.2) is 0 Å². The lowest BCUT2D eigenvalue weighted by Gasteiger charge is -2.30. The molecule has 0 aliphatic rings. The summed E-state index contributed by atoms with van der Waals surface area (Å²) in [6.45, 7) is 2.00. The zero-order valence-corrected chi connectivity index (χ0v) is 12.5. The van der Waals surface area contributed by atoms with Gasteiger partial charge in [0, 0.05) is 30.7 Å². The highest BCUT2D eigenvalue weighted by atomic mass is 16.3. The molecule has 0 fully saturated rings.